The lowest BCUT2D eigenvalue weighted by atomic mass is 10.2. The van der Waals surface area contributed by atoms with Crippen LogP contribution < -0.4 is 5.73 Å². The molecule has 0 aromatic carbocycles. The first-order chi connectivity index (χ1) is 7.07. The first-order valence-corrected chi connectivity index (χ1v) is 5.20. The Morgan fingerprint density at radius 3 is 2.53 bits per heavy atom. The minimum absolute atomic E-state index is 0.295. The van der Waals surface area contributed by atoms with E-state index < -0.39 is 12.1 Å². The van der Waals surface area contributed by atoms with Crippen molar-refractivity contribution >= 4 is 5.97 Å². The van der Waals surface area contributed by atoms with E-state index >= 15 is 0 Å². The fraction of sp³-hybridized carbons (Fsp3) is 0.900. The average molecular weight is 219 g/mol. The van der Waals surface area contributed by atoms with Crippen LogP contribution in [0.3, 0.4) is 0 Å². The molecule has 0 saturated carbocycles. The molecule has 0 aliphatic rings. The van der Waals surface area contributed by atoms with Crippen molar-refractivity contribution in [2.24, 2.45) is 11.7 Å². The molecule has 90 valence electrons. The van der Waals surface area contributed by atoms with Crippen LogP contribution in [0, 0.1) is 5.92 Å². The third kappa shape index (κ3) is 8.35. The van der Waals surface area contributed by atoms with Gasteiger partial charge in [-0.3, -0.25) is 0 Å². The van der Waals surface area contributed by atoms with Gasteiger partial charge in [-0.25, -0.2) is 4.79 Å². The monoisotopic (exact) mass is 219 g/mol. The highest BCUT2D eigenvalue weighted by molar-refractivity contribution is 5.72. The normalized spacial score (nSPS) is 13.1. The summed E-state index contributed by atoms with van der Waals surface area (Å²) >= 11 is 0. The topological polar surface area (TPSA) is 81.8 Å². The second kappa shape index (κ2) is 8.64. The van der Waals surface area contributed by atoms with Crippen LogP contribution in [0.2, 0.25) is 0 Å². The molecule has 0 fully saturated rings. The number of carboxylic acid groups (broad SMARTS) is 1. The zero-order valence-corrected chi connectivity index (χ0v) is 9.44. The van der Waals surface area contributed by atoms with Crippen molar-refractivity contribution in [3.8, 4) is 0 Å². The third-order valence-corrected chi connectivity index (χ3v) is 1.70. The van der Waals surface area contributed by atoms with Gasteiger partial charge in [0.25, 0.3) is 0 Å². The molecule has 0 heterocycles. The second-order valence-corrected chi connectivity index (χ2v) is 3.74. The Hall–Kier alpha value is -0.650. The summed E-state index contributed by atoms with van der Waals surface area (Å²) in [5.74, 6) is -0.492. The molecule has 0 aromatic heterocycles. The van der Waals surface area contributed by atoms with Gasteiger partial charge in [-0.05, 0) is 18.9 Å². The highest BCUT2D eigenvalue weighted by atomic mass is 16.5. The predicted molar refractivity (Wildman–Crippen MR) is 56.7 cm³/mol. The molecule has 0 rings (SSSR count). The van der Waals surface area contributed by atoms with E-state index in [2.05, 4.69) is 13.8 Å². The SMILES string of the molecule is CC(C)COCCOC(CCN)C(=O)O. The van der Waals surface area contributed by atoms with Crippen LogP contribution in [0.1, 0.15) is 20.3 Å². The van der Waals surface area contributed by atoms with Crippen molar-refractivity contribution in [2.45, 2.75) is 26.4 Å². The molecule has 5 nitrogen and oxygen atoms in total. The van der Waals surface area contributed by atoms with Gasteiger partial charge in [-0.1, -0.05) is 13.8 Å². The Morgan fingerprint density at radius 1 is 1.40 bits per heavy atom. The van der Waals surface area contributed by atoms with E-state index in [-0.39, 0.29) is 0 Å². The zero-order valence-electron chi connectivity index (χ0n) is 9.44. The molecule has 0 bridgehead atoms. The maximum atomic E-state index is 10.6. The molecule has 0 amide bonds. The summed E-state index contributed by atoms with van der Waals surface area (Å²) < 4.78 is 10.4. The van der Waals surface area contributed by atoms with Crippen molar-refractivity contribution in [1.29, 1.82) is 0 Å². The summed E-state index contributed by atoms with van der Waals surface area (Å²) in [5.41, 5.74) is 5.26. The standard InChI is InChI=1S/C10H21NO4/c1-8(2)7-14-5-6-15-9(3-4-11)10(12)13/h8-9H,3-7,11H2,1-2H3,(H,12,13). The van der Waals surface area contributed by atoms with E-state index in [1.165, 1.54) is 0 Å². The summed E-state index contributed by atoms with van der Waals surface area (Å²) in [7, 11) is 0. The number of aliphatic carboxylic acids is 1. The number of rotatable bonds is 9. The van der Waals surface area contributed by atoms with E-state index in [1.54, 1.807) is 0 Å². The Morgan fingerprint density at radius 2 is 2.07 bits per heavy atom. The lowest BCUT2D eigenvalue weighted by Crippen LogP contribution is -2.28. The molecule has 15 heavy (non-hydrogen) atoms. The molecule has 3 N–H and O–H groups in total. The Bertz CT molecular complexity index is 173. The van der Waals surface area contributed by atoms with Crippen LogP contribution >= 0.6 is 0 Å². The van der Waals surface area contributed by atoms with Gasteiger partial charge in [0.1, 0.15) is 0 Å². The summed E-state index contributed by atoms with van der Waals surface area (Å²) in [6, 6.07) is 0. The van der Waals surface area contributed by atoms with Crippen LogP contribution in [0.15, 0.2) is 0 Å². The quantitative estimate of drug-likeness (QED) is 0.551. The Kier molecular flexibility index (Phi) is 8.27. The lowest BCUT2D eigenvalue weighted by molar-refractivity contribution is -0.151. The van der Waals surface area contributed by atoms with Gasteiger partial charge < -0.3 is 20.3 Å². The molecule has 0 aliphatic carbocycles. The van der Waals surface area contributed by atoms with Gasteiger partial charge in [-0.15, -0.1) is 0 Å². The molecule has 0 radical (unpaired) electrons. The molecule has 1 unspecified atom stereocenters. The van der Waals surface area contributed by atoms with Crippen LogP contribution in [-0.4, -0.2) is 43.5 Å². The first-order valence-electron chi connectivity index (χ1n) is 5.20. The van der Waals surface area contributed by atoms with E-state index in [9.17, 15) is 4.79 Å². The minimum Gasteiger partial charge on any atom is -0.479 e. The van der Waals surface area contributed by atoms with E-state index in [1.807, 2.05) is 0 Å². The molecular formula is C10H21NO4. The van der Waals surface area contributed by atoms with Crippen molar-refractivity contribution < 1.29 is 19.4 Å². The fourth-order valence-electron chi connectivity index (χ4n) is 0.998. The molecule has 0 saturated heterocycles. The van der Waals surface area contributed by atoms with Crippen molar-refractivity contribution in [2.75, 3.05) is 26.4 Å². The van der Waals surface area contributed by atoms with Gasteiger partial charge in [0, 0.05) is 6.61 Å². The van der Waals surface area contributed by atoms with Crippen LogP contribution in [0.4, 0.5) is 0 Å². The van der Waals surface area contributed by atoms with E-state index in [4.69, 9.17) is 20.3 Å². The summed E-state index contributed by atoms with van der Waals surface area (Å²) in [6.45, 7) is 5.79. The van der Waals surface area contributed by atoms with E-state index in [0.717, 1.165) is 0 Å². The van der Waals surface area contributed by atoms with Gasteiger partial charge >= 0.3 is 5.97 Å². The summed E-state index contributed by atoms with van der Waals surface area (Å²) in [4.78, 5) is 10.6. The Balaban J connectivity index is 3.49. The largest absolute Gasteiger partial charge is 0.479 e. The van der Waals surface area contributed by atoms with Crippen molar-refractivity contribution in [1.82, 2.24) is 0 Å². The fourth-order valence-corrected chi connectivity index (χ4v) is 0.998. The molecule has 5 heteroatoms. The average Bonchev–Trinajstić information content (AvgIpc) is 2.15. The molecular weight excluding hydrogens is 198 g/mol. The van der Waals surface area contributed by atoms with Crippen LogP contribution in [0.25, 0.3) is 0 Å². The maximum Gasteiger partial charge on any atom is 0.332 e. The van der Waals surface area contributed by atoms with Crippen LogP contribution in [-0.2, 0) is 14.3 Å². The number of hydrogen-bond acceptors (Lipinski definition) is 4. The van der Waals surface area contributed by atoms with E-state index in [0.29, 0.717) is 38.7 Å². The predicted octanol–water partition coefficient (Wildman–Crippen LogP) is 0.478. The van der Waals surface area contributed by atoms with Gasteiger partial charge in [-0.2, -0.15) is 0 Å². The first kappa shape index (κ1) is 14.3. The second-order valence-electron chi connectivity index (χ2n) is 3.74. The van der Waals surface area contributed by atoms with Gasteiger partial charge in [0.15, 0.2) is 6.10 Å². The lowest BCUT2D eigenvalue weighted by Gasteiger charge is -2.13. The number of carbonyl (C=O) groups is 1. The highest BCUT2D eigenvalue weighted by Crippen LogP contribution is 1.98. The molecule has 0 aromatic rings. The number of hydrogen-bond donors (Lipinski definition) is 2. The summed E-state index contributed by atoms with van der Waals surface area (Å²) in [6.07, 6.45) is -0.475. The van der Waals surface area contributed by atoms with Gasteiger partial charge in [0.2, 0.25) is 0 Å². The minimum atomic E-state index is -0.968. The Labute approximate surface area is 90.5 Å². The molecule has 0 spiro atoms. The smallest absolute Gasteiger partial charge is 0.332 e. The van der Waals surface area contributed by atoms with Crippen molar-refractivity contribution in [3.05, 3.63) is 0 Å². The highest BCUT2D eigenvalue weighted by Gasteiger charge is 2.16. The van der Waals surface area contributed by atoms with Gasteiger partial charge in [0.05, 0.1) is 13.2 Å². The number of nitrogens with two attached hydrogens (primary N) is 1. The van der Waals surface area contributed by atoms with Crippen LogP contribution in [0.5, 0.6) is 0 Å². The zero-order chi connectivity index (χ0) is 11.7. The molecule has 0 aliphatic heterocycles. The number of carboxylic acids is 1. The number of ether oxygens (including phenoxy) is 2. The summed E-state index contributed by atoms with van der Waals surface area (Å²) in [5, 5.41) is 8.73. The third-order valence-electron chi connectivity index (χ3n) is 1.70. The van der Waals surface area contributed by atoms with Crippen molar-refractivity contribution in [3.63, 3.8) is 0 Å². The molecule has 1 atom stereocenters. The maximum absolute atomic E-state index is 10.6.